The molecule has 0 aliphatic carbocycles. The molecule has 0 rings (SSSR count). The van der Waals surface area contributed by atoms with Crippen molar-refractivity contribution in [2.24, 2.45) is 0 Å². The molecule has 2 N–H and O–H groups in total. The minimum atomic E-state index is 0. The van der Waals surface area contributed by atoms with Crippen LogP contribution in [0.25, 0.3) is 0 Å². The van der Waals surface area contributed by atoms with Crippen molar-refractivity contribution in [2.45, 2.75) is 0 Å². The first-order valence-corrected chi connectivity index (χ1v) is 0.236. The molecule has 0 fully saturated rings. The van der Waals surface area contributed by atoms with Gasteiger partial charge in [-0.25, -0.2) is 0 Å². The molecule has 2 nitrogen and oxygen atoms in total. The second kappa shape index (κ2) is 82.1. The van der Waals surface area contributed by atoms with Crippen LogP contribution in [-0.2, 0) is 24.2 Å². The Labute approximate surface area is 54.9 Å². The molecular weight excluding hydrogens is 135 g/mol. The van der Waals surface area contributed by atoms with Crippen molar-refractivity contribution >= 4 is 25.1 Å². The van der Waals surface area contributed by atoms with Crippen LogP contribution in [0.3, 0.4) is 0 Å². The first kappa shape index (κ1) is 37.8. The van der Waals surface area contributed by atoms with E-state index in [1.54, 1.807) is 0 Å². The summed E-state index contributed by atoms with van der Waals surface area (Å²) in [5.74, 6) is 0. The monoisotopic (exact) mass is 136 g/mol. The molecular formula is H2AlBO2Zn. The van der Waals surface area contributed by atoms with Gasteiger partial charge in [0.25, 0.3) is 0 Å². The Morgan fingerprint density at radius 1 is 1.20 bits per heavy atom. The van der Waals surface area contributed by atoms with Gasteiger partial charge >= 0.3 is 12.4 Å². The summed E-state index contributed by atoms with van der Waals surface area (Å²) in [7, 11) is 3.25. The molecule has 0 spiro atoms. The summed E-state index contributed by atoms with van der Waals surface area (Å²) in [4.78, 5) is 0. The fourth-order valence-corrected chi connectivity index (χ4v) is 0. The summed E-state index contributed by atoms with van der Waals surface area (Å²) < 4.78 is 7.75. The van der Waals surface area contributed by atoms with E-state index in [4.69, 9.17) is 4.70 Å². The quantitative estimate of drug-likeness (QED) is 0.367. The van der Waals surface area contributed by atoms with E-state index in [0.717, 1.165) is 0 Å². The molecule has 4 radical (unpaired) electrons. The van der Waals surface area contributed by atoms with Gasteiger partial charge in [0, 0.05) is 36.8 Å². The average Bonchev–Trinajstić information content (AvgIpc) is 1.00. The topological polar surface area (TPSA) is 48.6 Å². The smallest absolute Gasteiger partial charge is 0 e. The Kier molecular flexibility index (Phi) is 621. The second-order valence-electron chi connectivity index (χ2n) is 0. The van der Waals surface area contributed by atoms with Gasteiger partial charge in [0.2, 0.25) is 0 Å². The predicted molar refractivity (Wildman–Crippen MR) is 15.8 cm³/mol. The normalized spacial score (nSPS) is 0.600. The molecule has 0 heterocycles. The number of rotatable bonds is 0. The summed E-state index contributed by atoms with van der Waals surface area (Å²) >= 11 is 0. The molecule has 5 heavy (non-hydrogen) atoms. The van der Waals surface area contributed by atoms with Crippen molar-refractivity contribution in [2.75, 3.05) is 0 Å². The second-order valence-corrected chi connectivity index (χ2v) is 0. The molecule has 0 aromatic heterocycles. The van der Waals surface area contributed by atoms with Gasteiger partial charge in [0.1, 0.15) is 0 Å². The summed E-state index contributed by atoms with van der Waals surface area (Å²) in [5, 5.41) is 0. The van der Waals surface area contributed by atoms with Gasteiger partial charge < -0.3 is 5.48 Å². The average molecular weight is 137 g/mol. The zero-order valence-electron chi connectivity index (χ0n) is 2.77. The minimum Gasteiger partial charge on any atom is 0 e. The Hall–Kier alpha value is 0.981. The van der Waals surface area contributed by atoms with Gasteiger partial charge in [-0.2, -0.15) is 0 Å². The Balaban J connectivity index is -0.00000000167. The predicted octanol–water partition coefficient (Wildman–Crippen LogP) is -1.71. The third-order valence-corrected chi connectivity index (χ3v) is 0. The van der Waals surface area contributed by atoms with Gasteiger partial charge in [-0.1, -0.05) is 0 Å². The molecule has 0 aromatic rings. The van der Waals surface area contributed by atoms with Crippen molar-refractivity contribution in [3.8, 4) is 0 Å². The van der Waals surface area contributed by atoms with E-state index >= 15 is 0 Å². The molecule has 5 heteroatoms. The molecule has 0 aliphatic rings. The van der Waals surface area contributed by atoms with Crippen molar-refractivity contribution < 1.29 is 29.7 Å². The van der Waals surface area contributed by atoms with E-state index in [2.05, 4.69) is 7.72 Å². The van der Waals surface area contributed by atoms with Crippen LogP contribution in [0.1, 0.15) is 0 Å². The summed E-state index contributed by atoms with van der Waals surface area (Å²) in [6.45, 7) is 0. The maximum absolute atomic E-state index is 7.75. The van der Waals surface area contributed by atoms with Crippen molar-refractivity contribution in [1.82, 2.24) is 0 Å². The van der Waals surface area contributed by atoms with Crippen LogP contribution in [0.4, 0.5) is 0 Å². The Bertz CT molecular complexity index is 9.61. The van der Waals surface area contributed by atoms with Crippen LogP contribution in [0, 0.1) is 0 Å². The minimum absolute atomic E-state index is 0. The molecule has 0 aliphatic heterocycles. The Morgan fingerprint density at radius 3 is 1.20 bits per heavy atom. The molecule has 0 saturated heterocycles. The largest absolute Gasteiger partial charge is 0 e. The zero-order chi connectivity index (χ0) is 2.00. The van der Waals surface area contributed by atoms with E-state index in [0.29, 0.717) is 0 Å². The van der Waals surface area contributed by atoms with Crippen molar-refractivity contribution in [3.05, 3.63) is 0 Å². The van der Waals surface area contributed by atoms with Gasteiger partial charge in [0.05, 0.1) is 0 Å². The molecule has 0 amide bonds. The van der Waals surface area contributed by atoms with Gasteiger partial charge in [-0.05, 0) is 0 Å². The Morgan fingerprint density at radius 2 is 1.20 bits per heavy atom. The zero-order valence-corrected chi connectivity index (χ0v) is 6.89. The van der Waals surface area contributed by atoms with Crippen LogP contribution >= 0.6 is 0 Å². The maximum Gasteiger partial charge on any atom is 0 e. The maximum atomic E-state index is 7.75. The number of hydrogen-bond donors (Lipinski definition) is 0. The van der Waals surface area contributed by atoms with Crippen LogP contribution in [-0.4, -0.2) is 30.6 Å². The molecule has 0 bridgehead atoms. The van der Waals surface area contributed by atoms with E-state index in [1.807, 2.05) is 0 Å². The summed E-state index contributed by atoms with van der Waals surface area (Å²) in [6, 6.07) is 0. The van der Waals surface area contributed by atoms with Gasteiger partial charge in [-0.15, -0.1) is 0 Å². The molecule has 0 unspecified atom stereocenters. The van der Waals surface area contributed by atoms with Crippen molar-refractivity contribution in [3.63, 3.8) is 0 Å². The first-order chi connectivity index (χ1) is 1.00. The van der Waals surface area contributed by atoms with Gasteiger partial charge in [0.15, 0.2) is 0 Å². The van der Waals surface area contributed by atoms with E-state index in [9.17, 15) is 0 Å². The molecule has 22 valence electrons. The fourth-order valence-electron chi connectivity index (χ4n) is 0. The van der Waals surface area contributed by atoms with Crippen LogP contribution in [0.15, 0.2) is 0 Å². The SMILES string of the molecule is O.[Al].[B]=O.[Zn]. The summed E-state index contributed by atoms with van der Waals surface area (Å²) in [6.07, 6.45) is 0. The van der Waals surface area contributed by atoms with Gasteiger partial charge in [-0.3, -0.25) is 0 Å². The van der Waals surface area contributed by atoms with E-state index < -0.39 is 0 Å². The third kappa shape index (κ3) is 46.0. The van der Waals surface area contributed by atoms with Crippen LogP contribution in [0.5, 0.6) is 0 Å². The molecule has 0 atom stereocenters. The number of hydrogen-bond acceptors (Lipinski definition) is 1. The fraction of sp³-hybridized carbons (Fsp3) is 0. The van der Waals surface area contributed by atoms with E-state index in [-0.39, 0.29) is 42.3 Å². The van der Waals surface area contributed by atoms with Crippen LogP contribution in [0.2, 0.25) is 0 Å². The van der Waals surface area contributed by atoms with Crippen LogP contribution < -0.4 is 0 Å². The van der Waals surface area contributed by atoms with Crippen molar-refractivity contribution in [1.29, 1.82) is 0 Å². The standard InChI is InChI=1S/Al.BO.H2O.Zn/c;1-2;;/h;;1H2;. The first-order valence-electron chi connectivity index (χ1n) is 0.236. The summed E-state index contributed by atoms with van der Waals surface area (Å²) in [5.41, 5.74) is 0. The third-order valence-electron chi connectivity index (χ3n) is 0. The molecule has 0 saturated carbocycles. The van der Waals surface area contributed by atoms with E-state index in [1.165, 1.54) is 0 Å². The molecule has 0 aromatic carbocycles.